The molecule has 3 aromatic rings. The van der Waals surface area contributed by atoms with Crippen LogP contribution in [0, 0.1) is 18.3 Å². The minimum absolute atomic E-state index is 0.0255. The van der Waals surface area contributed by atoms with Gasteiger partial charge in [0, 0.05) is 17.2 Å². The first kappa shape index (κ1) is 21.7. The van der Waals surface area contributed by atoms with E-state index in [2.05, 4.69) is 10.2 Å². The highest BCUT2D eigenvalue weighted by Gasteiger charge is 2.22. The molecular weight excluding hydrogens is 392 g/mol. The van der Waals surface area contributed by atoms with Gasteiger partial charge in [-0.1, -0.05) is 49.4 Å². The molecule has 2 aromatic carbocycles. The molecule has 156 valence electrons. The van der Waals surface area contributed by atoms with Crippen LogP contribution in [0.15, 0.2) is 69.6 Å². The van der Waals surface area contributed by atoms with Crippen molar-refractivity contribution in [3.8, 4) is 11.9 Å². The van der Waals surface area contributed by atoms with Crippen LogP contribution in [0.3, 0.4) is 0 Å². The van der Waals surface area contributed by atoms with Crippen LogP contribution >= 0.6 is 0 Å². The third kappa shape index (κ3) is 4.14. The van der Waals surface area contributed by atoms with E-state index in [1.165, 1.54) is 6.92 Å². The molecular formula is C24H22N4O3. The van der Waals surface area contributed by atoms with Crippen molar-refractivity contribution in [1.82, 2.24) is 4.57 Å². The summed E-state index contributed by atoms with van der Waals surface area (Å²) in [6.07, 6.45) is 0.576. The maximum Gasteiger partial charge on any atom is 0.281 e. The van der Waals surface area contributed by atoms with Crippen LogP contribution in [0.4, 0.5) is 11.4 Å². The number of carbonyl (C=O) groups excluding carboxylic acids is 1. The van der Waals surface area contributed by atoms with Gasteiger partial charge in [-0.05, 0) is 32.4 Å². The van der Waals surface area contributed by atoms with Crippen molar-refractivity contribution in [2.75, 3.05) is 0 Å². The molecule has 3 rings (SSSR count). The van der Waals surface area contributed by atoms with E-state index in [4.69, 9.17) is 0 Å². The lowest BCUT2D eigenvalue weighted by Gasteiger charge is -2.17. The van der Waals surface area contributed by atoms with Gasteiger partial charge >= 0.3 is 0 Å². The number of ketones is 1. The van der Waals surface area contributed by atoms with Gasteiger partial charge < -0.3 is 5.11 Å². The normalized spacial score (nSPS) is 11.9. The summed E-state index contributed by atoms with van der Waals surface area (Å²) in [6.45, 7) is 5.18. The molecule has 0 radical (unpaired) electrons. The second-order valence-corrected chi connectivity index (χ2v) is 7.13. The zero-order valence-electron chi connectivity index (χ0n) is 17.5. The molecule has 1 atom stereocenters. The van der Waals surface area contributed by atoms with Gasteiger partial charge in [0.1, 0.15) is 11.6 Å². The lowest BCUT2D eigenvalue weighted by molar-refractivity contribution is 0.103. The Labute approximate surface area is 179 Å². The smallest absolute Gasteiger partial charge is 0.281 e. The van der Waals surface area contributed by atoms with Crippen molar-refractivity contribution in [3.05, 3.63) is 87.2 Å². The lowest BCUT2D eigenvalue weighted by atomic mass is 10.0. The van der Waals surface area contributed by atoms with Gasteiger partial charge in [-0.25, -0.2) is 0 Å². The van der Waals surface area contributed by atoms with Gasteiger partial charge in [0.15, 0.2) is 11.5 Å². The summed E-state index contributed by atoms with van der Waals surface area (Å²) in [5, 5.41) is 28.2. The Bertz CT molecular complexity index is 1250. The molecule has 1 aromatic heterocycles. The van der Waals surface area contributed by atoms with E-state index in [0.29, 0.717) is 23.2 Å². The highest BCUT2D eigenvalue weighted by Crippen LogP contribution is 2.30. The monoisotopic (exact) mass is 414 g/mol. The first-order valence-electron chi connectivity index (χ1n) is 9.89. The fourth-order valence-corrected chi connectivity index (χ4v) is 3.22. The minimum Gasteiger partial charge on any atom is -0.493 e. The number of benzene rings is 2. The van der Waals surface area contributed by atoms with Crippen LogP contribution in [0.25, 0.3) is 0 Å². The number of pyridine rings is 1. The fourth-order valence-electron chi connectivity index (χ4n) is 3.22. The highest BCUT2D eigenvalue weighted by molar-refractivity contribution is 6.11. The van der Waals surface area contributed by atoms with Crippen molar-refractivity contribution in [2.24, 2.45) is 10.2 Å². The Kier molecular flexibility index (Phi) is 6.41. The van der Waals surface area contributed by atoms with Crippen molar-refractivity contribution in [1.29, 1.82) is 5.26 Å². The van der Waals surface area contributed by atoms with Crippen molar-refractivity contribution < 1.29 is 9.90 Å². The second-order valence-electron chi connectivity index (χ2n) is 7.13. The fraction of sp³-hybridized carbons (Fsp3) is 0.208. The number of hydrogen-bond acceptors (Lipinski definition) is 6. The molecule has 1 heterocycles. The van der Waals surface area contributed by atoms with Gasteiger partial charge in [-0.15, -0.1) is 10.2 Å². The maximum absolute atomic E-state index is 13.0. The van der Waals surface area contributed by atoms with Crippen LogP contribution < -0.4 is 5.56 Å². The van der Waals surface area contributed by atoms with E-state index in [1.807, 2.05) is 19.1 Å². The van der Waals surface area contributed by atoms with Crippen LogP contribution in [0.5, 0.6) is 5.88 Å². The number of aromatic hydroxyl groups is 1. The Morgan fingerprint density at radius 2 is 1.77 bits per heavy atom. The van der Waals surface area contributed by atoms with Crippen LogP contribution in [-0.4, -0.2) is 15.5 Å². The number of carbonyl (C=O) groups is 1. The average molecular weight is 414 g/mol. The van der Waals surface area contributed by atoms with Crippen molar-refractivity contribution >= 4 is 17.2 Å². The number of rotatable bonds is 6. The predicted octanol–water partition coefficient (Wildman–Crippen LogP) is 5.35. The van der Waals surface area contributed by atoms with E-state index in [-0.39, 0.29) is 34.5 Å². The third-order valence-corrected chi connectivity index (χ3v) is 5.19. The molecule has 0 spiro atoms. The van der Waals surface area contributed by atoms with E-state index >= 15 is 0 Å². The molecule has 0 saturated heterocycles. The van der Waals surface area contributed by atoms with E-state index in [0.717, 1.165) is 4.57 Å². The first-order valence-corrected chi connectivity index (χ1v) is 9.89. The first-order chi connectivity index (χ1) is 14.9. The summed E-state index contributed by atoms with van der Waals surface area (Å²) in [7, 11) is 0. The molecule has 0 aliphatic carbocycles. The minimum atomic E-state index is -0.543. The zero-order valence-corrected chi connectivity index (χ0v) is 17.5. The average Bonchev–Trinajstić information content (AvgIpc) is 2.79. The molecule has 1 unspecified atom stereocenters. The number of azo groups is 1. The van der Waals surface area contributed by atoms with Crippen molar-refractivity contribution in [3.63, 3.8) is 0 Å². The predicted molar refractivity (Wildman–Crippen MR) is 117 cm³/mol. The molecule has 0 aliphatic rings. The molecule has 0 aliphatic heterocycles. The van der Waals surface area contributed by atoms with Gasteiger partial charge in [0.2, 0.25) is 5.88 Å². The summed E-state index contributed by atoms with van der Waals surface area (Å²) in [5.41, 5.74) is 0.781. The summed E-state index contributed by atoms with van der Waals surface area (Å²) in [5.74, 6) is -0.592. The zero-order chi connectivity index (χ0) is 22.5. The summed E-state index contributed by atoms with van der Waals surface area (Å²) < 4.78 is 1.15. The Hall–Kier alpha value is -4.05. The van der Waals surface area contributed by atoms with Gasteiger partial charge in [0.25, 0.3) is 5.56 Å². The lowest BCUT2D eigenvalue weighted by Crippen LogP contribution is -2.24. The third-order valence-electron chi connectivity index (χ3n) is 5.19. The molecule has 31 heavy (non-hydrogen) atoms. The summed E-state index contributed by atoms with van der Waals surface area (Å²) >= 11 is 0. The topological polar surface area (TPSA) is 108 Å². The number of hydrogen-bond donors (Lipinski definition) is 1. The SMILES string of the molecule is CCC(C)n1c(O)c(C#N)c(C)c(N=Nc2ccccc2C(=O)c2ccccc2)c1=O. The molecule has 0 bridgehead atoms. The number of nitriles is 1. The van der Waals surface area contributed by atoms with Gasteiger partial charge in [-0.3, -0.25) is 14.2 Å². The maximum atomic E-state index is 13.0. The Balaban J connectivity index is 2.13. The Morgan fingerprint density at radius 3 is 2.42 bits per heavy atom. The molecule has 0 fully saturated rings. The highest BCUT2D eigenvalue weighted by atomic mass is 16.3. The van der Waals surface area contributed by atoms with Gasteiger partial charge in [-0.2, -0.15) is 5.26 Å². The van der Waals surface area contributed by atoms with Gasteiger partial charge in [0.05, 0.1) is 11.3 Å². The van der Waals surface area contributed by atoms with E-state index in [9.17, 15) is 20.0 Å². The quantitative estimate of drug-likeness (QED) is 0.433. The Morgan fingerprint density at radius 1 is 1.13 bits per heavy atom. The molecule has 7 nitrogen and oxygen atoms in total. The van der Waals surface area contributed by atoms with Crippen molar-refractivity contribution in [2.45, 2.75) is 33.2 Å². The summed E-state index contributed by atoms with van der Waals surface area (Å²) in [6, 6.07) is 17.1. The number of nitrogens with zero attached hydrogens (tertiary/aromatic N) is 4. The van der Waals surface area contributed by atoms with E-state index in [1.54, 1.807) is 55.5 Å². The molecule has 0 amide bonds. The van der Waals surface area contributed by atoms with Crippen LogP contribution in [0.2, 0.25) is 0 Å². The molecule has 7 heteroatoms. The standard InChI is InChI=1S/C24H22N4O3/c1-4-15(2)28-23(30)19(14-25)16(3)21(24(28)31)27-26-20-13-9-8-12-18(20)22(29)17-10-6-5-7-11-17/h5-13,15,30H,4H2,1-3H3. The second kappa shape index (κ2) is 9.18. The number of aromatic nitrogens is 1. The molecule has 0 saturated carbocycles. The molecule has 1 N–H and O–H groups in total. The summed E-state index contributed by atoms with van der Waals surface area (Å²) in [4.78, 5) is 25.9. The van der Waals surface area contributed by atoms with Crippen LogP contribution in [0.1, 0.15) is 53.4 Å². The van der Waals surface area contributed by atoms with Crippen LogP contribution in [-0.2, 0) is 0 Å². The van der Waals surface area contributed by atoms with E-state index < -0.39 is 5.56 Å². The largest absolute Gasteiger partial charge is 0.493 e.